The molecule has 0 bridgehead atoms. The van der Waals surface area contributed by atoms with E-state index in [0.29, 0.717) is 18.1 Å². The van der Waals surface area contributed by atoms with Gasteiger partial charge >= 0.3 is 5.97 Å². The first-order valence-corrected chi connectivity index (χ1v) is 5.68. The number of aliphatic hydroxyl groups excluding tert-OH is 1. The van der Waals surface area contributed by atoms with Crippen molar-refractivity contribution in [2.45, 2.75) is 19.1 Å². The molecular formula is C12H16ClNO3. The molecule has 0 saturated carbocycles. The minimum atomic E-state index is -0.997. The summed E-state index contributed by atoms with van der Waals surface area (Å²) in [4.78, 5) is 12.2. The van der Waals surface area contributed by atoms with Gasteiger partial charge in [0.15, 0.2) is 0 Å². The smallest absolute Gasteiger partial charge is 0.306 e. The maximum absolute atomic E-state index is 10.4. The van der Waals surface area contributed by atoms with Crippen LogP contribution in [0.15, 0.2) is 24.3 Å². The Balaban J connectivity index is 2.47. The van der Waals surface area contributed by atoms with Crippen molar-refractivity contribution in [1.29, 1.82) is 0 Å². The number of aliphatic hydroxyl groups is 1. The summed E-state index contributed by atoms with van der Waals surface area (Å²) in [7, 11) is 1.81. The lowest BCUT2D eigenvalue weighted by Gasteiger charge is -2.20. The van der Waals surface area contributed by atoms with E-state index < -0.39 is 12.1 Å². The van der Waals surface area contributed by atoms with Gasteiger partial charge in [0.05, 0.1) is 12.5 Å². The topological polar surface area (TPSA) is 60.8 Å². The zero-order valence-corrected chi connectivity index (χ0v) is 10.4. The molecule has 0 aromatic heterocycles. The number of halogens is 1. The van der Waals surface area contributed by atoms with Crippen LogP contribution >= 0.6 is 11.6 Å². The van der Waals surface area contributed by atoms with Gasteiger partial charge in [0, 0.05) is 18.1 Å². The van der Waals surface area contributed by atoms with Crippen LogP contribution in [0.2, 0.25) is 5.02 Å². The number of nitrogens with zero attached hydrogens (tertiary/aromatic N) is 1. The monoisotopic (exact) mass is 257 g/mol. The van der Waals surface area contributed by atoms with Crippen LogP contribution in [0, 0.1) is 0 Å². The largest absolute Gasteiger partial charge is 0.481 e. The van der Waals surface area contributed by atoms with Crippen LogP contribution in [0.25, 0.3) is 0 Å². The second-order valence-electron chi connectivity index (χ2n) is 4.04. The molecule has 1 aromatic rings. The van der Waals surface area contributed by atoms with Crippen molar-refractivity contribution in [3.05, 3.63) is 34.9 Å². The van der Waals surface area contributed by atoms with Gasteiger partial charge in [-0.05, 0) is 18.7 Å². The van der Waals surface area contributed by atoms with E-state index in [1.54, 1.807) is 6.07 Å². The molecule has 1 atom stereocenters. The van der Waals surface area contributed by atoms with Crippen molar-refractivity contribution in [1.82, 2.24) is 4.90 Å². The number of hydrogen-bond acceptors (Lipinski definition) is 3. The maximum atomic E-state index is 10.4. The quantitative estimate of drug-likeness (QED) is 0.813. The Morgan fingerprint density at radius 2 is 2.12 bits per heavy atom. The van der Waals surface area contributed by atoms with Gasteiger partial charge in [0.25, 0.3) is 0 Å². The van der Waals surface area contributed by atoms with Gasteiger partial charge in [-0.3, -0.25) is 9.69 Å². The zero-order valence-electron chi connectivity index (χ0n) is 9.64. The molecule has 1 rings (SSSR count). The first-order chi connectivity index (χ1) is 7.99. The molecule has 0 radical (unpaired) electrons. The molecule has 0 aliphatic rings. The SMILES string of the molecule is CN(Cc1ccccc1Cl)CC(O)CC(=O)O. The number of carbonyl (C=O) groups is 1. The first kappa shape index (κ1) is 14.0. The third kappa shape index (κ3) is 5.17. The second-order valence-corrected chi connectivity index (χ2v) is 4.45. The van der Waals surface area contributed by atoms with E-state index in [4.69, 9.17) is 16.7 Å². The second kappa shape index (κ2) is 6.59. The lowest BCUT2D eigenvalue weighted by Crippen LogP contribution is -2.30. The van der Waals surface area contributed by atoms with Crippen LogP contribution in [-0.2, 0) is 11.3 Å². The normalized spacial score (nSPS) is 12.7. The summed E-state index contributed by atoms with van der Waals surface area (Å²) >= 11 is 6.01. The molecule has 0 aliphatic heterocycles. The van der Waals surface area contributed by atoms with Gasteiger partial charge in [-0.2, -0.15) is 0 Å². The van der Waals surface area contributed by atoms with Gasteiger partial charge in [-0.1, -0.05) is 29.8 Å². The van der Waals surface area contributed by atoms with Crippen LogP contribution in [0.4, 0.5) is 0 Å². The molecule has 1 aromatic carbocycles. The minimum Gasteiger partial charge on any atom is -0.481 e. The predicted octanol–water partition coefficient (Wildman–Crippen LogP) is 1.61. The van der Waals surface area contributed by atoms with Crippen LogP contribution in [0.1, 0.15) is 12.0 Å². The standard InChI is InChI=1S/C12H16ClNO3/c1-14(8-10(15)6-12(16)17)7-9-4-2-3-5-11(9)13/h2-5,10,15H,6-8H2,1H3,(H,16,17). The molecule has 17 heavy (non-hydrogen) atoms. The fourth-order valence-electron chi connectivity index (χ4n) is 1.61. The highest BCUT2D eigenvalue weighted by Crippen LogP contribution is 2.16. The molecule has 94 valence electrons. The molecule has 0 amide bonds. The lowest BCUT2D eigenvalue weighted by atomic mass is 10.2. The van der Waals surface area contributed by atoms with Gasteiger partial charge < -0.3 is 10.2 Å². The first-order valence-electron chi connectivity index (χ1n) is 5.31. The highest BCUT2D eigenvalue weighted by molar-refractivity contribution is 6.31. The molecule has 0 spiro atoms. The third-order valence-corrected chi connectivity index (χ3v) is 2.70. The molecule has 4 nitrogen and oxygen atoms in total. The highest BCUT2D eigenvalue weighted by Gasteiger charge is 2.13. The molecule has 5 heteroatoms. The van der Waals surface area contributed by atoms with Gasteiger partial charge in [0.1, 0.15) is 0 Å². The highest BCUT2D eigenvalue weighted by atomic mass is 35.5. The Labute approximate surface area is 105 Å². The Kier molecular flexibility index (Phi) is 5.41. The van der Waals surface area contributed by atoms with Crippen molar-refractivity contribution in [3.63, 3.8) is 0 Å². The average molecular weight is 258 g/mol. The fraction of sp³-hybridized carbons (Fsp3) is 0.417. The number of carboxylic acids is 1. The molecule has 0 fully saturated rings. The summed E-state index contributed by atoms with van der Waals surface area (Å²) in [6.07, 6.45) is -1.10. The van der Waals surface area contributed by atoms with Crippen LogP contribution in [0.3, 0.4) is 0 Å². The van der Waals surface area contributed by atoms with E-state index in [1.807, 2.05) is 30.1 Å². The van der Waals surface area contributed by atoms with Crippen molar-refractivity contribution < 1.29 is 15.0 Å². The minimum absolute atomic E-state index is 0.243. The summed E-state index contributed by atoms with van der Waals surface area (Å²) in [5.74, 6) is -0.997. The molecule has 0 heterocycles. The Hall–Kier alpha value is -1.10. The van der Waals surface area contributed by atoms with Crippen molar-refractivity contribution >= 4 is 17.6 Å². The lowest BCUT2D eigenvalue weighted by molar-refractivity contribution is -0.139. The Morgan fingerprint density at radius 3 is 2.71 bits per heavy atom. The van der Waals surface area contributed by atoms with E-state index in [-0.39, 0.29) is 6.42 Å². The maximum Gasteiger partial charge on any atom is 0.306 e. The average Bonchev–Trinajstić information content (AvgIpc) is 2.19. The van der Waals surface area contributed by atoms with E-state index in [0.717, 1.165) is 5.56 Å². The zero-order chi connectivity index (χ0) is 12.8. The summed E-state index contributed by atoms with van der Waals surface area (Å²) in [5.41, 5.74) is 0.958. The fourth-order valence-corrected chi connectivity index (χ4v) is 1.80. The predicted molar refractivity (Wildman–Crippen MR) is 66.0 cm³/mol. The summed E-state index contributed by atoms with van der Waals surface area (Å²) in [6, 6.07) is 7.45. The number of benzene rings is 1. The number of rotatable bonds is 6. The molecule has 0 saturated heterocycles. The van der Waals surface area contributed by atoms with Crippen LogP contribution in [-0.4, -0.2) is 40.8 Å². The summed E-state index contributed by atoms with van der Waals surface area (Å²) in [5, 5.41) is 18.7. The number of aliphatic carboxylic acids is 1. The van der Waals surface area contributed by atoms with Crippen molar-refractivity contribution in [2.75, 3.05) is 13.6 Å². The van der Waals surface area contributed by atoms with Crippen LogP contribution in [0.5, 0.6) is 0 Å². The van der Waals surface area contributed by atoms with Gasteiger partial charge in [0.2, 0.25) is 0 Å². The number of hydrogen-bond donors (Lipinski definition) is 2. The molecule has 2 N–H and O–H groups in total. The number of likely N-dealkylation sites (N-methyl/N-ethyl adjacent to an activating group) is 1. The Bertz CT molecular complexity index is 384. The summed E-state index contributed by atoms with van der Waals surface area (Å²) in [6.45, 7) is 0.883. The molecule has 1 unspecified atom stereocenters. The van der Waals surface area contributed by atoms with Crippen LogP contribution < -0.4 is 0 Å². The van der Waals surface area contributed by atoms with E-state index in [2.05, 4.69) is 0 Å². The number of carboxylic acid groups (broad SMARTS) is 1. The van der Waals surface area contributed by atoms with Crippen molar-refractivity contribution in [2.24, 2.45) is 0 Å². The third-order valence-electron chi connectivity index (χ3n) is 2.33. The van der Waals surface area contributed by atoms with Gasteiger partial charge in [-0.15, -0.1) is 0 Å². The molecule has 0 aliphatic carbocycles. The van der Waals surface area contributed by atoms with E-state index in [1.165, 1.54) is 0 Å². The van der Waals surface area contributed by atoms with Crippen molar-refractivity contribution in [3.8, 4) is 0 Å². The Morgan fingerprint density at radius 1 is 1.47 bits per heavy atom. The summed E-state index contributed by atoms with van der Waals surface area (Å²) < 4.78 is 0. The van der Waals surface area contributed by atoms with E-state index >= 15 is 0 Å². The van der Waals surface area contributed by atoms with Gasteiger partial charge in [-0.25, -0.2) is 0 Å². The van der Waals surface area contributed by atoms with E-state index in [9.17, 15) is 9.90 Å². The molecular weight excluding hydrogens is 242 g/mol.